The highest BCUT2D eigenvalue weighted by molar-refractivity contribution is 5.90. The molecule has 0 saturated heterocycles. The van der Waals surface area contributed by atoms with Gasteiger partial charge in [-0.2, -0.15) is 0 Å². The number of anilines is 3. The van der Waals surface area contributed by atoms with Crippen molar-refractivity contribution in [2.45, 2.75) is 33.4 Å². The number of nitrogens with two attached hydrogens (primary N) is 1. The number of rotatable bonds is 5. The van der Waals surface area contributed by atoms with E-state index in [0.717, 1.165) is 11.1 Å². The third-order valence-corrected chi connectivity index (χ3v) is 3.36. The summed E-state index contributed by atoms with van der Waals surface area (Å²) in [5, 5.41) is 5.44. The molecule has 6 heteroatoms. The molecule has 0 heterocycles. The molecule has 2 aromatic rings. The monoisotopic (exact) mass is 331 g/mol. The summed E-state index contributed by atoms with van der Waals surface area (Å²) in [5.41, 5.74) is 8.28. The predicted molar refractivity (Wildman–Crippen MR) is 94.6 cm³/mol. The number of hydrogen-bond donors (Lipinski definition) is 3. The second-order valence-corrected chi connectivity index (χ2v) is 5.81. The minimum Gasteiger partial charge on any atom is -0.447 e. The summed E-state index contributed by atoms with van der Waals surface area (Å²) in [6.07, 6.45) is -0.942. The van der Waals surface area contributed by atoms with E-state index in [-0.39, 0.29) is 23.2 Å². The second-order valence-electron chi connectivity index (χ2n) is 5.81. The molecule has 0 spiro atoms. The van der Waals surface area contributed by atoms with Crippen LogP contribution in [0.2, 0.25) is 0 Å². The van der Waals surface area contributed by atoms with Gasteiger partial charge in [0.05, 0.1) is 23.2 Å². The fraction of sp³-hybridized carbons (Fsp3) is 0.278. The van der Waals surface area contributed by atoms with E-state index in [1.807, 2.05) is 31.2 Å². The van der Waals surface area contributed by atoms with Gasteiger partial charge in [-0.25, -0.2) is 9.18 Å². The SMILES string of the molecule is Cc1ccc(CNc2ccc(NC(=O)OC(C)C)c(N)c2F)cc1. The number of aryl methyl sites for hydroxylation is 1. The first-order valence-corrected chi connectivity index (χ1v) is 7.72. The Bertz CT molecular complexity index is 715. The standard InChI is InChI=1S/C18H22FN3O2/c1-11(2)24-18(23)22-15-9-8-14(16(19)17(15)20)21-10-13-6-4-12(3)5-7-13/h4-9,11,21H,10,20H2,1-3H3,(H,22,23). The highest BCUT2D eigenvalue weighted by Crippen LogP contribution is 2.28. The first kappa shape index (κ1) is 17.6. The van der Waals surface area contributed by atoms with Crippen LogP contribution in [-0.2, 0) is 11.3 Å². The Morgan fingerprint density at radius 1 is 1.17 bits per heavy atom. The molecule has 5 nitrogen and oxygen atoms in total. The van der Waals surface area contributed by atoms with Crippen LogP contribution in [0.1, 0.15) is 25.0 Å². The van der Waals surface area contributed by atoms with Crippen LogP contribution in [-0.4, -0.2) is 12.2 Å². The van der Waals surface area contributed by atoms with Gasteiger partial charge in [0.1, 0.15) is 0 Å². The largest absolute Gasteiger partial charge is 0.447 e. The van der Waals surface area contributed by atoms with E-state index >= 15 is 0 Å². The summed E-state index contributed by atoms with van der Waals surface area (Å²) < 4.78 is 19.3. The fourth-order valence-corrected chi connectivity index (χ4v) is 2.10. The minimum atomic E-state index is -0.670. The number of carbonyl (C=O) groups excluding carboxylic acids is 1. The number of ether oxygens (including phenoxy) is 1. The number of nitrogen functional groups attached to an aromatic ring is 1. The maximum absolute atomic E-state index is 14.4. The van der Waals surface area contributed by atoms with Gasteiger partial charge in [-0.05, 0) is 38.5 Å². The molecule has 0 atom stereocenters. The summed E-state index contributed by atoms with van der Waals surface area (Å²) >= 11 is 0. The number of halogens is 1. The Labute approximate surface area is 141 Å². The summed E-state index contributed by atoms with van der Waals surface area (Å²) in [6.45, 7) is 5.93. The molecule has 0 bridgehead atoms. The third-order valence-electron chi connectivity index (χ3n) is 3.36. The highest BCUT2D eigenvalue weighted by atomic mass is 19.1. The molecule has 0 aliphatic carbocycles. The van der Waals surface area contributed by atoms with Crippen molar-refractivity contribution < 1.29 is 13.9 Å². The average molecular weight is 331 g/mol. The molecule has 0 fully saturated rings. The number of carbonyl (C=O) groups is 1. The quantitative estimate of drug-likeness (QED) is 0.715. The fourth-order valence-electron chi connectivity index (χ4n) is 2.10. The number of amides is 1. The van der Waals surface area contributed by atoms with Crippen molar-refractivity contribution in [2.24, 2.45) is 0 Å². The molecular formula is C18H22FN3O2. The Morgan fingerprint density at radius 2 is 1.79 bits per heavy atom. The van der Waals surface area contributed by atoms with Crippen LogP contribution in [0.4, 0.5) is 26.2 Å². The van der Waals surface area contributed by atoms with Crippen molar-refractivity contribution in [3.8, 4) is 0 Å². The Hall–Kier alpha value is -2.76. The molecule has 24 heavy (non-hydrogen) atoms. The zero-order chi connectivity index (χ0) is 17.7. The third kappa shape index (κ3) is 4.62. The van der Waals surface area contributed by atoms with E-state index in [1.54, 1.807) is 13.8 Å². The molecule has 128 valence electrons. The van der Waals surface area contributed by atoms with Crippen LogP contribution in [0.3, 0.4) is 0 Å². The summed E-state index contributed by atoms with van der Waals surface area (Å²) in [7, 11) is 0. The number of hydrogen-bond acceptors (Lipinski definition) is 4. The smallest absolute Gasteiger partial charge is 0.411 e. The number of nitrogens with one attached hydrogen (secondary N) is 2. The molecule has 0 aliphatic rings. The van der Waals surface area contributed by atoms with Crippen molar-refractivity contribution in [2.75, 3.05) is 16.4 Å². The van der Waals surface area contributed by atoms with Crippen molar-refractivity contribution in [3.05, 3.63) is 53.3 Å². The zero-order valence-electron chi connectivity index (χ0n) is 14.0. The van der Waals surface area contributed by atoms with Crippen LogP contribution in [0.25, 0.3) is 0 Å². The molecule has 4 N–H and O–H groups in total. The number of benzene rings is 2. The Balaban J connectivity index is 2.06. The maximum atomic E-state index is 14.4. The lowest BCUT2D eigenvalue weighted by molar-refractivity contribution is 0.130. The minimum absolute atomic E-state index is 0.135. The topological polar surface area (TPSA) is 76.4 Å². The van der Waals surface area contributed by atoms with Gasteiger partial charge in [-0.3, -0.25) is 5.32 Å². The van der Waals surface area contributed by atoms with E-state index in [2.05, 4.69) is 10.6 Å². The first-order chi connectivity index (χ1) is 11.4. The van der Waals surface area contributed by atoms with Crippen LogP contribution >= 0.6 is 0 Å². The van der Waals surface area contributed by atoms with E-state index in [9.17, 15) is 9.18 Å². The van der Waals surface area contributed by atoms with Crippen molar-refractivity contribution in [1.82, 2.24) is 0 Å². The predicted octanol–water partition coefficient (Wildman–Crippen LogP) is 4.29. The molecular weight excluding hydrogens is 309 g/mol. The van der Waals surface area contributed by atoms with Gasteiger partial charge in [-0.1, -0.05) is 29.8 Å². The van der Waals surface area contributed by atoms with Gasteiger partial charge in [0, 0.05) is 6.54 Å². The summed E-state index contributed by atoms with van der Waals surface area (Å²) in [6, 6.07) is 11.0. The van der Waals surface area contributed by atoms with Gasteiger partial charge >= 0.3 is 6.09 Å². The maximum Gasteiger partial charge on any atom is 0.411 e. The van der Waals surface area contributed by atoms with Crippen molar-refractivity contribution >= 4 is 23.2 Å². The average Bonchev–Trinajstić information content (AvgIpc) is 2.52. The van der Waals surface area contributed by atoms with Gasteiger partial charge in [0.2, 0.25) is 0 Å². The van der Waals surface area contributed by atoms with E-state index in [1.165, 1.54) is 12.1 Å². The van der Waals surface area contributed by atoms with Crippen LogP contribution < -0.4 is 16.4 Å². The van der Waals surface area contributed by atoms with Gasteiger partial charge in [0.25, 0.3) is 0 Å². The molecule has 0 saturated carbocycles. The molecule has 1 amide bonds. The first-order valence-electron chi connectivity index (χ1n) is 7.72. The summed E-state index contributed by atoms with van der Waals surface area (Å²) in [5.74, 6) is -0.607. The molecule has 0 unspecified atom stereocenters. The normalized spacial score (nSPS) is 10.5. The molecule has 0 aromatic heterocycles. The van der Waals surface area contributed by atoms with Crippen LogP contribution in [0.5, 0.6) is 0 Å². The highest BCUT2D eigenvalue weighted by Gasteiger charge is 2.14. The lowest BCUT2D eigenvalue weighted by Crippen LogP contribution is -2.19. The van der Waals surface area contributed by atoms with Crippen molar-refractivity contribution in [1.29, 1.82) is 0 Å². The lowest BCUT2D eigenvalue weighted by Gasteiger charge is -2.14. The van der Waals surface area contributed by atoms with Crippen molar-refractivity contribution in [3.63, 3.8) is 0 Å². The van der Waals surface area contributed by atoms with Gasteiger partial charge in [0.15, 0.2) is 5.82 Å². The molecule has 0 radical (unpaired) electrons. The van der Waals surface area contributed by atoms with Crippen LogP contribution in [0.15, 0.2) is 36.4 Å². The van der Waals surface area contributed by atoms with Crippen LogP contribution in [0, 0.1) is 12.7 Å². The zero-order valence-corrected chi connectivity index (χ0v) is 14.0. The Morgan fingerprint density at radius 3 is 2.42 bits per heavy atom. The molecule has 2 aromatic carbocycles. The van der Waals surface area contributed by atoms with Gasteiger partial charge < -0.3 is 15.8 Å². The summed E-state index contributed by atoms with van der Waals surface area (Å²) in [4.78, 5) is 11.6. The molecule has 0 aliphatic heterocycles. The molecule has 2 rings (SSSR count). The van der Waals surface area contributed by atoms with Gasteiger partial charge in [-0.15, -0.1) is 0 Å². The Kier molecular flexibility index (Phi) is 5.63. The lowest BCUT2D eigenvalue weighted by atomic mass is 10.1. The second kappa shape index (κ2) is 7.68. The van der Waals surface area contributed by atoms with E-state index in [4.69, 9.17) is 10.5 Å². The van der Waals surface area contributed by atoms with E-state index in [0.29, 0.717) is 6.54 Å². The van der Waals surface area contributed by atoms with E-state index < -0.39 is 11.9 Å².